The minimum absolute atomic E-state index is 0.0164. The molecule has 0 aliphatic carbocycles. The first-order valence-corrected chi connectivity index (χ1v) is 11.5. The number of hydrogen-bond donors (Lipinski definition) is 0. The van der Waals surface area contributed by atoms with E-state index in [0.717, 1.165) is 18.4 Å². The number of benzene rings is 2. The maximum absolute atomic E-state index is 12.6. The molecule has 1 aliphatic rings. The summed E-state index contributed by atoms with van der Waals surface area (Å²) in [5.41, 5.74) is 1.34. The third-order valence-corrected chi connectivity index (χ3v) is 6.26. The van der Waals surface area contributed by atoms with Gasteiger partial charge >= 0.3 is 0 Å². The number of piperidine rings is 1. The number of carbonyl (C=O) groups is 2. The number of aromatic nitrogens is 2. The van der Waals surface area contributed by atoms with Gasteiger partial charge in [0.2, 0.25) is 17.6 Å². The van der Waals surface area contributed by atoms with Crippen molar-refractivity contribution in [3.8, 4) is 22.9 Å². The van der Waals surface area contributed by atoms with E-state index in [4.69, 9.17) is 25.6 Å². The molecular weight excluding hydrogens is 458 g/mol. The number of nitrogens with zero attached hydrogens (tertiary/aromatic N) is 3. The zero-order valence-corrected chi connectivity index (χ0v) is 19.9. The minimum Gasteiger partial charge on any atom is -0.493 e. The molecule has 178 valence electrons. The standard InChI is InChI=1S/C25H26ClN3O5/c1-32-21-9-5-18(15-22(21)33-2)24-27-25(34-28-24)17-11-13-29(14-12-17)23(31)10-8-20(30)16-3-6-19(26)7-4-16/h3-7,9,15,17H,8,10-14H2,1-2H3. The van der Waals surface area contributed by atoms with E-state index in [0.29, 0.717) is 46.9 Å². The third-order valence-electron chi connectivity index (χ3n) is 6.01. The fourth-order valence-electron chi connectivity index (χ4n) is 4.03. The zero-order chi connectivity index (χ0) is 24.1. The molecule has 1 saturated heterocycles. The highest BCUT2D eigenvalue weighted by Gasteiger charge is 2.28. The summed E-state index contributed by atoms with van der Waals surface area (Å²) in [5.74, 6) is 2.27. The molecule has 2 heterocycles. The lowest BCUT2D eigenvalue weighted by molar-refractivity contribution is -0.132. The molecule has 34 heavy (non-hydrogen) atoms. The number of ether oxygens (including phenoxy) is 2. The fourth-order valence-corrected chi connectivity index (χ4v) is 4.15. The van der Waals surface area contributed by atoms with Gasteiger partial charge in [0.1, 0.15) is 0 Å². The van der Waals surface area contributed by atoms with Gasteiger partial charge in [-0.2, -0.15) is 4.98 Å². The molecule has 0 bridgehead atoms. The molecule has 8 nitrogen and oxygen atoms in total. The van der Waals surface area contributed by atoms with Crippen molar-refractivity contribution >= 4 is 23.3 Å². The Hall–Kier alpha value is -3.39. The topological polar surface area (TPSA) is 94.8 Å². The smallest absolute Gasteiger partial charge is 0.230 e. The van der Waals surface area contributed by atoms with Gasteiger partial charge in [0.15, 0.2) is 17.3 Å². The molecule has 9 heteroatoms. The molecule has 0 saturated carbocycles. The summed E-state index contributed by atoms with van der Waals surface area (Å²) in [6.45, 7) is 1.18. The van der Waals surface area contributed by atoms with Crippen molar-refractivity contribution in [2.24, 2.45) is 0 Å². The monoisotopic (exact) mass is 483 g/mol. The van der Waals surface area contributed by atoms with Crippen molar-refractivity contribution in [2.75, 3.05) is 27.3 Å². The number of rotatable bonds is 8. The molecule has 0 radical (unpaired) electrons. The number of carbonyl (C=O) groups excluding carboxylic acids is 2. The van der Waals surface area contributed by atoms with Gasteiger partial charge in [0.05, 0.1) is 14.2 Å². The van der Waals surface area contributed by atoms with Crippen LogP contribution in [0.4, 0.5) is 0 Å². The maximum atomic E-state index is 12.6. The Kier molecular flexibility index (Phi) is 7.47. The molecule has 1 fully saturated rings. The Morgan fingerprint density at radius 1 is 1.03 bits per heavy atom. The number of Topliss-reactive ketones (excluding diaryl/α,β-unsaturated/α-hetero) is 1. The summed E-state index contributed by atoms with van der Waals surface area (Å²) < 4.78 is 16.1. The lowest BCUT2D eigenvalue weighted by atomic mass is 9.96. The highest BCUT2D eigenvalue weighted by molar-refractivity contribution is 6.30. The molecule has 0 N–H and O–H groups in total. The van der Waals surface area contributed by atoms with Crippen molar-refractivity contribution in [3.63, 3.8) is 0 Å². The van der Waals surface area contributed by atoms with E-state index in [9.17, 15) is 9.59 Å². The number of ketones is 1. The summed E-state index contributed by atoms with van der Waals surface area (Å²) in [6, 6.07) is 12.2. The Labute approximate surface area is 202 Å². The van der Waals surface area contributed by atoms with Crippen molar-refractivity contribution in [3.05, 3.63) is 58.9 Å². The Morgan fingerprint density at radius 3 is 2.41 bits per heavy atom. The first-order chi connectivity index (χ1) is 16.5. The van der Waals surface area contributed by atoms with Crippen LogP contribution in [0.1, 0.15) is 47.8 Å². The van der Waals surface area contributed by atoms with Gasteiger partial charge in [0, 0.05) is 48.0 Å². The normalized spacial score (nSPS) is 14.1. The van der Waals surface area contributed by atoms with Crippen LogP contribution >= 0.6 is 11.6 Å². The van der Waals surface area contributed by atoms with E-state index in [1.54, 1.807) is 55.5 Å². The second kappa shape index (κ2) is 10.7. The molecule has 1 aromatic heterocycles. The average molecular weight is 484 g/mol. The van der Waals surface area contributed by atoms with Crippen LogP contribution in [0.3, 0.4) is 0 Å². The van der Waals surface area contributed by atoms with Crippen LogP contribution in [0.25, 0.3) is 11.4 Å². The Bertz CT molecular complexity index is 1150. The van der Waals surface area contributed by atoms with Crippen molar-refractivity contribution in [1.82, 2.24) is 15.0 Å². The van der Waals surface area contributed by atoms with E-state index in [1.807, 2.05) is 6.07 Å². The zero-order valence-electron chi connectivity index (χ0n) is 19.1. The molecule has 0 atom stereocenters. The summed E-state index contributed by atoms with van der Waals surface area (Å²) in [5, 5.41) is 4.70. The Morgan fingerprint density at radius 2 is 1.74 bits per heavy atom. The van der Waals surface area contributed by atoms with Gasteiger partial charge in [-0.05, 0) is 55.3 Å². The second-order valence-electron chi connectivity index (χ2n) is 8.11. The van der Waals surface area contributed by atoms with Crippen molar-refractivity contribution in [2.45, 2.75) is 31.6 Å². The predicted octanol–water partition coefficient (Wildman–Crippen LogP) is 4.78. The van der Waals surface area contributed by atoms with Gasteiger partial charge in [-0.3, -0.25) is 9.59 Å². The molecular formula is C25H26ClN3O5. The van der Waals surface area contributed by atoms with Crippen molar-refractivity contribution < 1.29 is 23.6 Å². The third kappa shape index (κ3) is 5.39. The predicted molar refractivity (Wildman–Crippen MR) is 126 cm³/mol. The van der Waals surface area contributed by atoms with Gasteiger partial charge in [-0.1, -0.05) is 16.8 Å². The highest BCUT2D eigenvalue weighted by atomic mass is 35.5. The molecule has 0 spiro atoms. The van der Waals surface area contributed by atoms with Gasteiger partial charge in [0.25, 0.3) is 0 Å². The lowest BCUT2D eigenvalue weighted by Gasteiger charge is -2.30. The fraction of sp³-hybridized carbons (Fsp3) is 0.360. The summed E-state index contributed by atoms with van der Waals surface area (Å²) >= 11 is 5.86. The first kappa shape index (κ1) is 23.8. The molecule has 0 unspecified atom stereocenters. The second-order valence-corrected chi connectivity index (χ2v) is 8.55. The van der Waals surface area contributed by atoms with Crippen molar-refractivity contribution in [1.29, 1.82) is 0 Å². The van der Waals surface area contributed by atoms with E-state index in [2.05, 4.69) is 10.1 Å². The number of halogens is 1. The molecule has 3 aromatic rings. The number of methoxy groups -OCH3 is 2. The number of amides is 1. The van der Waals surface area contributed by atoms with Crippen LogP contribution in [0.2, 0.25) is 5.02 Å². The largest absolute Gasteiger partial charge is 0.493 e. The van der Waals surface area contributed by atoms with Gasteiger partial charge in [-0.25, -0.2) is 0 Å². The number of likely N-dealkylation sites (tertiary alicyclic amines) is 1. The minimum atomic E-state index is -0.0616. The van der Waals surface area contributed by atoms with E-state index >= 15 is 0 Å². The van der Waals surface area contributed by atoms with Crippen LogP contribution in [0.15, 0.2) is 47.0 Å². The van der Waals surface area contributed by atoms with Crippen LogP contribution < -0.4 is 9.47 Å². The molecule has 1 aliphatic heterocycles. The molecule has 2 aromatic carbocycles. The highest BCUT2D eigenvalue weighted by Crippen LogP contribution is 2.33. The summed E-state index contributed by atoms with van der Waals surface area (Å²) in [4.78, 5) is 31.3. The SMILES string of the molecule is COc1ccc(-c2noc(C3CCN(C(=O)CCC(=O)c4ccc(Cl)cc4)CC3)n2)cc1OC. The Balaban J connectivity index is 1.30. The average Bonchev–Trinajstić information content (AvgIpc) is 3.37. The number of hydrogen-bond acceptors (Lipinski definition) is 7. The summed E-state index contributed by atoms with van der Waals surface area (Å²) in [6.07, 6.45) is 1.82. The van der Waals surface area contributed by atoms with Gasteiger partial charge in [-0.15, -0.1) is 0 Å². The summed E-state index contributed by atoms with van der Waals surface area (Å²) in [7, 11) is 3.16. The quantitative estimate of drug-likeness (QED) is 0.425. The van der Waals surface area contributed by atoms with Crippen LogP contribution in [0, 0.1) is 0 Å². The maximum Gasteiger partial charge on any atom is 0.230 e. The van der Waals surface area contributed by atoms with Gasteiger partial charge < -0.3 is 18.9 Å². The van der Waals surface area contributed by atoms with E-state index < -0.39 is 0 Å². The van der Waals surface area contributed by atoms with Crippen LogP contribution in [0.5, 0.6) is 11.5 Å². The lowest BCUT2D eigenvalue weighted by Crippen LogP contribution is -2.38. The van der Waals surface area contributed by atoms with E-state index in [1.165, 1.54) is 0 Å². The van der Waals surface area contributed by atoms with Crippen LogP contribution in [-0.4, -0.2) is 54.0 Å². The van der Waals surface area contributed by atoms with Crippen LogP contribution in [-0.2, 0) is 4.79 Å². The van der Waals surface area contributed by atoms with E-state index in [-0.39, 0.29) is 30.4 Å². The molecule has 1 amide bonds. The molecule has 4 rings (SSSR count). The first-order valence-electron chi connectivity index (χ1n) is 11.1.